The van der Waals surface area contributed by atoms with Crippen LogP contribution in [0.25, 0.3) is 0 Å². The van der Waals surface area contributed by atoms with Gasteiger partial charge in [0.25, 0.3) is 0 Å². The summed E-state index contributed by atoms with van der Waals surface area (Å²) in [5.41, 5.74) is 6.53. The van der Waals surface area contributed by atoms with Crippen LogP contribution in [-0.4, -0.2) is 12.0 Å². The number of anilines is 2. The Hall–Kier alpha value is -1.49. The molecule has 0 fully saturated rings. The van der Waals surface area contributed by atoms with Crippen LogP contribution in [0.15, 0.2) is 39.5 Å². The van der Waals surface area contributed by atoms with Gasteiger partial charge in [0.1, 0.15) is 5.76 Å². The molecule has 2 heterocycles. The van der Waals surface area contributed by atoms with Gasteiger partial charge in [-0.05, 0) is 34.1 Å². The van der Waals surface area contributed by atoms with Gasteiger partial charge in [0.05, 0.1) is 18.5 Å². The van der Waals surface area contributed by atoms with Crippen molar-refractivity contribution >= 4 is 27.4 Å². The second-order valence-electron chi connectivity index (χ2n) is 3.50. The van der Waals surface area contributed by atoms with E-state index in [1.807, 2.05) is 30.1 Å². The number of rotatable bonds is 3. The number of pyridine rings is 1. The smallest absolute Gasteiger partial charge is 0.151 e. The molecule has 84 valence electrons. The van der Waals surface area contributed by atoms with Crippen LogP contribution in [-0.2, 0) is 6.54 Å². The summed E-state index contributed by atoms with van der Waals surface area (Å²) in [5, 5.41) is 0. The Kier molecular flexibility index (Phi) is 3.14. The van der Waals surface area contributed by atoms with E-state index in [1.54, 1.807) is 12.5 Å². The monoisotopic (exact) mass is 281 g/mol. The number of hydrogen-bond donors (Lipinski definition) is 1. The van der Waals surface area contributed by atoms with Gasteiger partial charge < -0.3 is 15.1 Å². The second-order valence-corrected chi connectivity index (χ2v) is 4.42. The van der Waals surface area contributed by atoms with Gasteiger partial charge in [-0.3, -0.25) is 0 Å². The summed E-state index contributed by atoms with van der Waals surface area (Å²) < 4.78 is 6.14. The molecule has 0 unspecified atom stereocenters. The molecule has 16 heavy (non-hydrogen) atoms. The molecule has 2 N–H and O–H groups in total. The topological polar surface area (TPSA) is 55.3 Å². The van der Waals surface area contributed by atoms with E-state index >= 15 is 0 Å². The molecule has 0 aliphatic rings. The maximum absolute atomic E-state index is 5.89. The first-order valence-corrected chi connectivity index (χ1v) is 5.60. The Morgan fingerprint density at radius 1 is 1.56 bits per heavy atom. The molecule has 0 amide bonds. The van der Waals surface area contributed by atoms with E-state index in [-0.39, 0.29) is 0 Å². The van der Waals surface area contributed by atoms with Crippen molar-refractivity contribution in [2.24, 2.45) is 0 Å². The van der Waals surface area contributed by atoms with Crippen LogP contribution in [0.3, 0.4) is 0 Å². The molecular formula is C11H12BrN3O. The van der Waals surface area contributed by atoms with Crippen LogP contribution in [0, 0.1) is 0 Å². The van der Waals surface area contributed by atoms with Crippen molar-refractivity contribution in [2.45, 2.75) is 6.54 Å². The maximum Gasteiger partial charge on any atom is 0.151 e. The van der Waals surface area contributed by atoms with Gasteiger partial charge in [0, 0.05) is 17.7 Å². The molecule has 0 aliphatic carbocycles. The molecule has 0 saturated heterocycles. The number of nitrogens with two attached hydrogens (primary N) is 1. The highest BCUT2D eigenvalue weighted by atomic mass is 79.9. The van der Waals surface area contributed by atoms with E-state index in [4.69, 9.17) is 10.2 Å². The minimum absolute atomic E-state index is 0.642. The fourth-order valence-electron chi connectivity index (χ4n) is 1.48. The van der Waals surface area contributed by atoms with Crippen molar-refractivity contribution in [3.05, 3.63) is 40.9 Å². The number of nitrogens with zero attached hydrogens (tertiary/aromatic N) is 2. The number of furan rings is 1. The number of halogens is 1. The fraction of sp³-hybridized carbons (Fsp3) is 0.182. The summed E-state index contributed by atoms with van der Waals surface area (Å²) in [6.07, 6.45) is 3.38. The molecule has 2 aromatic heterocycles. The lowest BCUT2D eigenvalue weighted by molar-refractivity contribution is 0.507. The average Bonchev–Trinajstić information content (AvgIpc) is 2.70. The van der Waals surface area contributed by atoms with E-state index in [0.29, 0.717) is 12.2 Å². The van der Waals surface area contributed by atoms with Crippen molar-refractivity contribution in [1.29, 1.82) is 0 Å². The highest BCUT2D eigenvalue weighted by Crippen LogP contribution is 2.23. The van der Waals surface area contributed by atoms with Gasteiger partial charge in [-0.1, -0.05) is 0 Å². The van der Waals surface area contributed by atoms with Crippen molar-refractivity contribution in [2.75, 3.05) is 17.7 Å². The molecule has 0 atom stereocenters. The molecule has 0 radical (unpaired) electrons. The van der Waals surface area contributed by atoms with E-state index in [1.165, 1.54) is 0 Å². The third kappa shape index (κ3) is 2.36. The standard InChI is InChI=1S/C11H12BrN3O/c1-15(7-9-3-2-4-16-9)11-10(13)5-8(12)6-14-11/h2-6H,7,13H2,1H3. The van der Waals surface area contributed by atoms with E-state index in [9.17, 15) is 0 Å². The first-order chi connectivity index (χ1) is 7.66. The van der Waals surface area contributed by atoms with Crippen LogP contribution >= 0.6 is 15.9 Å². The summed E-state index contributed by atoms with van der Waals surface area (Å²) in [6, 6.07) is 5.62. The number of hydrogen-bond acceptors (Lipinski definition) is 4. The largest absolute Gasteiger partial charge is 0.467 e. The summed E-state index contributed by atoms with van der Waals surface area (Å²) in [5.74, 6) is 1.63. The minimum Gasteiger partial charge on any atom is -0.467 e. The van der Waals surface area contributed by atoms with Crippen LogP contribution in [0.2, 0.25) is 0 Å². The Bertz CT molecular complexity index is 470. The van der Waals surface area contributed by atoms with Crippen molar-refractivity contribution in [3.8, 4) is 0 Å². The van der Waals surface area contributed by atoms with Crippen LogP contribution in [0.4, 0.5) is 11.5 Å². The minimum atomic E-state index is 0.642. The van der Waals surface area contributed by atoms with Gasteiger partial charge in [-0.2, -0.15) is 0 Å². The third-order valence-corrected chi connectivity index (χ3v) is 2.63. The predicted molar refractivity (Wildman–Crippen MR) is 67.2 cm³/mol. The van der Waals surface area contributed by atoms with Gasteiger partial charge in [0.15, 0.2) is 5.82 Å². The number of nitrogen functional groups attached to an aromatic ring is 1. The molecular weight excluding hydrogens is 270 g/mol. The molecule has 0 aromatic carbocycles. The molecule has 0 aliphatic heterocycles. The molecule has 0 bridgehead atoms. The molecule has 0 saturated carbocycles. The average molecular weight is 282 g/mol. The highest BCUT2D eigenvalue weighted by molar-refractivity contribution is 9.10. The molecule has 2 rings (SSSR count). The number of aromatic nitrogens is 1. The van der Waals surface area contributed by atoms with Gasteiger partial charge in [0.2, 0.25) is 0 Å². The summed E-state index contributed by atoms with van der Waals surface area (Å²) in [7, 11) is 1.93. The first kappa shape index (κ1) is 11.0. The first-order valence-electron chi connectivity index (χ1n) is 4.81. The zero-order valence-electron chi connectivity index (χ0n) is 8.85. The quantitative estimate of drug-likeness (QED) is 0.940. The zero-order chi connectivity index (χ0) is 11.5. The maximum atomic E-state index is 5.89. The fourth-order valence-corrected chi connectivity index (χ4v) is 1.83. The SMILES string of the molecule is CN(Cc1ccco1)c1ncc(Br)cc1N. The van der Waals surface area contributed by atoms with Crippen molar-refractivity contribution in [3.63, 3.8) is 0 Å². The normalized spacial score (nSPS) is 10.4. The molecule has 4 nitrogen and oxygen atoms in total. The lowest BCUT2D eigenvalue weighted by atomic mass is 10.3. The molecule has 5 heteroatoms. The van der Waals surface area contributed by atoms with Gasteiger partial charge in [-0.15, -0.1) is 0 Å². The van der Waals surface area contributed by atoms with Gasteiger partial charge in [-0.25, -0.2) is 4.98 Å². The Balaban J connectivity index is 2.17. The van der Waals surface area contributed by atoms with Crippen molar-refractivity contribution in [1.82, 2.24) is 4.98 Å². The summed E-state index contributed by atoms with van der Waals surface area (Å²) in [4.78, 5) is 6.22. The lowest BCUT2D eigenvalue weighted by Gasteiger charge is -2.18. The van der Waals surface area contributed by atoms with Gasteiger partial charge >= 0.3 is 0 Å². The highest BCUT2D eigenvalue weighted by Gasteiger charge is 2.09. The lowest BCUT2D eigenvalue weighted by Crippen LogP contribution is -2.18. The molecule has 0 spiro atoms. The van der Waals surface area contributed by atoms with Crippen LogP contribution < -0.4 is 10.6 Å². The predicted octanol–water partition coefficient (Wildman–Crippen LogP) is 2.66. The third-order valence-electron chi connectivity index (χ3n) is 2.20. The Morgan fingerprint density at radius 2 is 2.38 bits per heavy atom. The zero-order valence-corrected chi connectivity index (χ0v) is 10.4. The Labute approximate surface area is 102 Å². The van der Waals surface area contributed by atoms with E-state index < -0.39 is 0 Å². The second kappa shape index (κ2) is 4.57. The van der Waals surface area contributed by atoms with Crippen molar-refractivity contribution < 1.29 is 4.42 Å². The van der Waals surface area contributed by atoms with E-state index in [2.05, 4.69) is 20.9 Å². The molecule has 2 aromatic rings. The Morgan fingerprint density at radius 3 is 3.00 bits per heavy atom. The summed E-state index contributed by atoms with van der Waals surface area (Å²) in [6.45, 7) is 0.645. The van der Waals surface area contributed by atoms with Crippen LogP contribution in [0.1, 0.15) is 5.76 Å². The van der Waals surface area contributed by atoms with E-state index in [0.717, 1.165) is 16.1 Å². The summed E-state index contributed by atoms with van der Waals surface area (Å²) >= 11 is 3.33. The van der Waals surface area contributed by atoms with Crippen LogP contribution in [0.5, 0.6) is 0 Å².